The summed E-state index contributed by atoms with van der Waals surface area (Å²) in [4.78, 5) is 27.2. The summed E-state index contributed by atoms with van der Waals surface area (Å²) in [7, 11) is 0. The number of amidine groups is 1. The van der Waals surface area contributed by atoms with Gasteiger partial charge in [-0.25, -0.2) is 9.59 Å². The number of aliphatic hydroxyl groups excluding tert-OH is 2. The number of imide groups is 1. The van der Waals surface area contributed by atoms with Crippen molar-refractivity contribution in [3.05, 3.63) is 12.0 Å². The molecule has 1 fully saturated rings. The minimum atomic E-state index is -1.54. The van der Waals surface area contributed by atoms with Crippen LogP contribution in [0, 0.1) is 0 Å². The van der Waals surface area contributed by atoms with Gasteiger partial charge in [0.15, 0.2) is 18.1 Å². The van der Waals surface area contributed by atoms with Crippen LogP contribution in [-0.2, 0) is 9.53 Å². The Kier molecular flexibility index (Phi) is 3.46. The standard InChI is InChI=1S/C11H14FN3O5/c1-4-7(17)8(18)10(20-4)15(5(2)16)3-6(12)9(13)14-11(15)19/h3-4,7-8,10,17-18H,1-2H3,(H-,13,14,19)/p+1/t4-,7-,8-,10-,15?/m1/s1. The van der Waals surface area contributed by atoms with Crippen molar-refractivity contribution in [2.45, 2.75) is 38.4 Å². The summed E-state index contributed by atoms with van der Waals surface area (Å²) in [6, 6.07) is -1.08. The van der Waals surface area contributed by atoms with Crippen molar-refractivity contribution in [1.29, 1.82) is 0 Å². The maximum absolute atomic E-state index is 13.7. The molecule has 0 saturated carbocycles. The number of carbonyl (C=O) groups excluding carboxylic acids is 2. The number of hydrogen-bond acceptors (Lipinski definition) is 6. The number of amides is 3. The lowest BCUT2D eigenvalue weighted by atomic mass is 10.1. The van der Waals surface area contributed by atoms with Gasteiger partial charge in [-0.15, -0.1) is 9.48 Å². The van der Waals surface area contributed by atoms with Crippen LogP contribution in [0.5, 0.6) is 0 Å². The van der Waals surface area contributed by atoms with Gasteiger partial charge in [-0.3, -0.25) is 0 Å². The molecule has 2 aliphatic rings. The Hall–Kier alpha value is -1.68. The lowest BCUT2D eigenvalue weighted by Crippen LogP contribution is -2.63. The predicted molar refractivity (Wildman–Crippen MR) is 63.5 cm³/mol. The number of nitrogens with zero attached hydrogens (tertiary/aromatic N) is 2. The molecule has 110 valence electrons. The van der Waals surface area contributed by atoms with Crippen molar-refractivity contribution in [1.82, 2.24) is 0 Å². The third kappa shape index (κ3) is 1.86. The van der Waals surface area contributed by atoms with Crippen LogP contribution in [0.2, 0.25) is 0 Å². The van der Waals surface area contributed by atoms with Gasteiger partial charge >= 0.3 is 11.9 Å². The monoisotopic (exact) mass is 288 g/mol. The van der Waals surface area contributed by atoms with Gasteiger partial charge in [0.1, 0.15) is 6.10 Å². The van der Waals surface area contributed by atoms with Crippen LogP contribution >= 0.6 is 0 Å². The fourth-order valence-corrected chi connectivity index (χ4v) is 2.29. The van der Waals surface area contributed by atoms with Gasteiger partial charge in [-0.2, -0.15) is 4.39 Å². The van der Waals surface area contributed by atoms with E-state index in [1.165, 1.54) is 6.92 Å². The van der Waals surface area contributed by atoms with Crippen molar-refractivity contribution in [2.75, 3.05) is 0 Å². The van der Waals surface area contributed by atoms with E-state index in [0.717, 1.165) is 6.92 Å². The number of ether oxygens (including phenoxy) is 1. The molecule has 3 amide bonds. The molecule has 0 aromatic carbocycles. The van der Waals surface area contributed by atoms with Crippen LogP contribution in [0.4, 0.5) is 9.18 Å². The average molecular weight is 288 g/mol. The topological polar surface area (TPSA) is 122 Å². The summed E-state index contributed by atoms with van der Waals surface area (Å²) in [6.45, 7) is 2.49. The van der Waals surface area contributed by atoms with Gasteiger partial charge < -0.3 is 20.7 Å². The number of urea groups is 1. The number of halogens is 1. The molecule has 0 radical (unpaired) electrons. The Bertz CT molecular complexity index is 534. The zero-order chi connectivity index (χ0) is 15.2. The lowest BCUT2D eigenvalue weighted by molar-refractivity contribution is -0.782. The first kappa shape index (κ1) is 14.7. The van der Waals surface area contributed by atoms with Gasteiger partial charge in [0.05, 0.1) is 13.0 Å². The molecule has 5 atom stereocenters. The Morgan fingerprint density at radius 2 is 2.10 bits per heavy atom. The van der Waals surface area contributed by atoms with Crippen molar-refractivity contribution < 1.29 is 33.4 Å². The normalized spacial score (nSPS) is 41.4. The highest BCUT2D eigenvalue weighted by molar-refractivity contribution is 6.04. The van der Waals surface area contributed by atoms with Gasteiger partial charge in [0, 0.05) is 0 Å². The maximum atomic E-state index is 13.7. The minimum absolute atomic E-state index is 0.644. The molecule has 2 rings (SSSR count). The number of carbonyl (C=O) groups is 2. The number of hydrogen-bond donors (Lipinski definition) is 3. The average Bonchev–Trinajstić information content (AvgIpc) is 2.61. The first-order valence-electron chi connectivity index (χ1n) is 5.90. The Labute approximate surface area is 113 Å². The summed E-state index contributed by atoms with van der Waals surface area (Å²) >= 11 is 0. The number of rotatable bonds is 1. The van der Waals surface area contributed by atoms with Crippen LogP contribution in [0.25, 0.3) is 0 Å². The quantitative estimate of drug-likeness (QED) is 0.538. The van der Waals surface area contributed by atoms with Gasteiger partial charge in [0.2, 0.25) is 12.1 Å². The molecular weight excluding hydrogens is 273 g/mol. The summed E-state index contributed by atoms with van der Waals surface area (Å²) < 4.78 is 17.6. The SMILES string of the molecule is CC(=O)[N+]1([C@@H]2O[C@H](C)[C@@H](O)[C@H]2O)C=C(F)C(N)=NC1=O. The van der Waals surface area contributed by atoms with Crippen molar-refractivity contribution in [3.8, 4) is 0 Å². The van der Waals surface area contributed by atoms with E-state index in [9.17, 15) is 24.2 Å². The molecule has 0 aromatic heterocycles. The number of aliphatic hydroxyl groups is 2. The van der Waals surface area contributed by atoms with Gasteiger partial charge in [-0.05, 0) is 6.92 Å². The fourth-order valence-electron chi connectivity index (χ4n) is 2.29. The number of quaternary nitrogens is 1. The highest BCUT2D eigenvalue weighted by atomic mass is 19.1. The molecule has 0 aromatic rings. The van der Waals surface area contributed by atoms with E-state index < -0.39 is 52.6 Å². The molecule has 4 N–H and O–H groups in total. The molecule has 0 aliphatic carbocycles. The van der Waals surface area contributed by atoms with E-state index >= 15 is 0 Å². The Morgan fingerprint density at radius 3 is 2.55 bits per heavy atom. The van der Waals surface area contributed by atoms with Crippen LogP contribution in [-0.4, -0.2) is 57.0 Å². The van der Waals surface area contributed by atoms with Gasteiger partial charge in [-0.1, -0.05) is 0 Å². The van der Waals surface area contributed by atoms with Crippen LogP contribution in [0.1, 0.15) is 13.8 Å². The first-order valence-corrected chi connectivity index (χ1v) is 5.90. The highest BCUT2D eigenvalue weighted by Crippen LogP contribution is 2.34. The van der Waals surface area contributed by atoms with Crippen LogP contribution < -0.4 is 5.73 Å². The summed E-state index contributed by atoms with van der Waals surface area (Å²) in [5.74, 6) is -2.53. The zero-order valence-corrected chi connectivity index (χ0v) is 10.9. The second-order valence-corrected chi connectivity index (χ2v) is 4.77. The second-order valence-electron chi connectivity index (χ2n) is 4.77. The highest BCUT2D eigenvalue weighted by Gasteiger charge is 2.60. The van der Waals surface area contributed by atoms with E-state index in [-0.39, 0.29) is 0 Å². The van der Waals surface area contributed by atoms with Crippen LogP contribution in [0.15, 0.2) is 17.0 Å². The number of nitrogens with two attached hydrogens (primary N) is 1. The lowest BCUT2D eigenvalue weighted by Gasteiger charge is -2.34. The molecule has 9 heteroatoms. The van der Waals surface area contributed by atoms with E-state index in [2.05, 4.69) is 4.99 Å². The van der Waals surface area contributed by atoms with E-state index in [0.29, 0.717) is 6.20 Å². The molecular formula is C11H15FN3O5+. The Morgan fingerprint density at radius 1 is 1.50 bits per heavy atom. The van der Waals surface area contributed by atoms with Crippen molar-refractivity contribution in [3.63, 3.8) is 0 Å². The summed E-state index contributed by atoms with van der Waals surface area (Å²) in [5, 5.41) is 19.6. The number of aliphatic imine (C=N–C) groups is 1. The molecule has 0 spiro atoms. The summed E-state index contributed by atoms with van der Waals surface area (Å²) in [6.07, 6.45) is -4.51. The Balaban J connectivity index is 2.53. The second kappa shape index (κ2) is 4.70. The van der Waals surface area contributed by atoms with Crippen LogP contribution in [0.3, 0.4) is 0 Å². The molecule has 0 bridgehead atoms. The third-order valence-corrected chi connectivity index (χ3v) is 3.49. The van der Waals surface area contributed by atoms with E-state index in [4.69, 9.17) is 10.5 Å². The fraction of sp³-hybridized carbons (Fsp3) is 0.545. The third-order valence-electron chi connectivity index (χ3n) is 3.49. The van der Waals surface area contributed by atoms with E-state index in [1.807, 2.05) is 0 Å². The molecule has 8 nitrogen and oxygen atoms in total. The molecule has 1 saturated heterocycles. The largest absolute Gasteiger partial charge is 0.459 e. The van der Waals surface area contributed by atoms with E-state index in [1.54, 1.807) is 0 Å². The maximum Gasteiger partial charge on any atom is 0.459 e. The van der Waals surface area contributed by atoms with Gasteiger partial charge in [0.25, 0.3) is 0 Å². The smallest absolute Gasteiger partial charge is 0.387 e. The minimum Gasteiger partial charge on any atom is -0.387 e. The predicted octanol–water partition coefficient (Wildman–Crippen LogP) is -0.882. The first-order chi connectivity index (χ1) is 9.21. The molecule has 20 heavy (non-hydrogen) atoms. The molecule has 2 heterocycles. The molecule has 1 unspecified atom stereocenters. The van der Waals surface area contributed by atoms with Crippen molar-refractivity contribution in [2.24, 2.45) is 10.7 Å². The van der Waals surface area contributed by atoms with Crippen molar-refractivity contribution >= 4 is 17.8 Å². The molecule has 2 aliphatic heterocycles. The summed E-state index contributed by atoms with van der Waals surface area (Å²) in [5.41, 5.74) is 5.19. The zero-order valence-electron chi connectivity index (χ0n) is 10.9.